The normalized spacial score (nSPS) is 25.2. The maximum Gasteiger partial charge on any atom is 0.255 e. The SMILES string of the molecule is N#CC1C(=N)C(C#N)(C#N)[C@H](c2ccc(OCC(N)=O)cc2)[C@H]2CNCC=C12. The van der Waals surface area contributed by atoms with E-state index in [0.717, 1.165) is 5.57 Å². The van der Waals surface area contributed by atoms with Crippen LogP contribution < -0.4 is 15.8 Å². The Balaban J connectivity index is 2.07. The topological polar surface area (TPSA) is 160 Å². The molecule has 1 aliphatic carbocycles. The fraction of sp³-hybridized carbons (Fsp3) is 0.350. The van der Waals surface area contributed by atoms with Crippen LogP contribution in [0.5, 0.6) is 5.75 Å². The van der Waals surface area contributed by atoms with Crippen molar-refractivity contribution in [3.63, 3.8) is 0 Å². The van der Waals surface area contributed by atoms with Gasteiger partial charge in [0.15, 0.2) is 12.0 Å². The Morgan fingerprint density at radius 1 is 1.29 bits per heavy atom. The van der Waals surface area contributed by atoms with E-state index in [9.17, 15) is 20.6 Å². The quantitative estimate of drug-likeness (QED) is 0.666. The number of carbonyl (C=O) groups excluding carboxylic acids is 1. The molecule has 0 saturated heterocycles. The average molecular weight is 374 g/mol. The molecule has 3 atom stereocenters. The molecule has 0 aromatic heterocycles. The van der Waals surface area contributed by atoms with E-state index < -0.39 is 23.2 Å². The van der Waals surface area contributed by atoms with Crippen molar-refractivity contribution in [3.8, 4) is 24.0 Å². The van der Waals surface area contributed by atoms with Crippen LogP contribution >= 0.6 is 0 Å². The second kappa shape index (κ2) is 7.52. The lowest BCUT2D eigenvalue weighted by atomic mass is 9.54. The molecule has 3 rings (SSSR count). The number of ether oxygens (including phenoxy) is 1. The first kappa shape index (κ1) is 19.1. The number of nitrogens with two attached hydrogens (primary N) is 1. The molecule has 8 heteroatoms. The van der Waals surface area contributed by atoms with E-state index in [4.69, 9.17) is 15.9 Å². The van der Waals surface area contributed by atoms with Crippen molar-refractivity contribution in [1.29, 1.82) is 21.2 Å². The fourth-order valence-electron chi connectivity index (χ4n) is 4.04. The Bertz CT molecular complexity index is 946. The number of primary amides is 1. The molecule has 28 heavy (non-hydrogen) atoms. The molecule has 1 aromatic carbocycles. The summed E-state index contributed by atoms with van der Waals surface area (Å²) >= 11 is 0. The summed E-state index contributed by atoms with van der Waals surface area (Å²) in [6, 6.07) is 12.9. The second-order valence-electron chi connectivity index (χ2n) is 6.78. The van der Waals surface area contributed by atoms with Crippen LogP contribution in [0, 0.1) is 56.7 Å². The van der Waals surface area contributed by atoms with Gasteiger partial charge >= 0.3 is 0 Å². The van der Waals surface area contributed by atoms with Gasteiger partial charge < -0.3 is 21.2 Å². The molecule has 1 heterocycles. The summed E-state index contributed by atoms with van der Waals surface area (Å²) in [5, 5.41) is 41.1. The van der Waals surface area contributed by atoms with Gasteiger partial charge in [0.1, 0.15) is 11.7 Å². The van der Waals surface area contributed by atoms with Gasteiger partial charge in [0, 0.05) is 24.9 Å². The molecule has 140 valence electrons. The van der Waals surface area contributed by atoms with Gasteiger partial charge in [-0.15, -0.1) is 0 Å². The summed E-state index contributed by atoms with van der Waals surface area (Å²) in [4.78, 5) is 10.9. The smallest absolute Gasteiger partial charge is 0.255 e. The Labute approximate surface area is 162 Å². The average Bonchev–Trinajstić information content (AvgIpc) is 2.72. The van der Waals surface area contributed by atoms with Crippen LogP contribution in [0.3, 0.4) is 0 Å². The fourth-order valence-corrected chi connectivity index (χ4v) is 4.04. The molecule has 0 bridgehead atoms. The van der Waals surface area contributed by atoms with Crippen LogP contribution in [0.1, 0.15) is 11.5 Å². The number of amides is 1. The van der Waals surface area contributed by atoms with E-state index >= 15 is 0 Å². The predicted molar refractivity (Wildman–Crippen MR) is 98.8 cm³/mol. The maximum absolute atomic E-state index is 10.9. The van der Waals surface area contributed by atoms with Crippen LogP contribution in [0.4, 0.5) is 0 Å². The van der Waals surface area contributed by atoms with Gasteiger partial charge in [0.2, 0.25) is 0 Å². The molecule has 2 aliphatic rings. The third-order valence-electron chi connectivity index (χ3n) is 5.29. The number of benzene rings is 1. The van der Waals surface area contributed by atoms with Gasteiger partial charge in [-0.05, 0) is 23.3 Å². The van der Waals surface area contributed by atoms with Crippen LogP contribution in [0.15, 0.2) is 35.9 Å². The third kappa shape index (κ3) is 2.99. The number of hydrogen-bond acceptors (Lipinski definition) is 7. The molecule has 1 aliphatic heterocycles. The molecule has 8 nitrogen and oxygen atoms in total. The number of fused-ring (bicyclic) bond motifs is 1. The minimum atomic E-state index is -1.74. The molecule has 0 spiro atoms. The minimum absolute atomic E-state index is 0.177. The van der Waals surface area contributed by atoms with Gasteiger partial charge in [-0.3, -0.25) is 4.79 Å². The number of nitrogens with one attached hydrogen (secondary N) is 2. The molecule has 0 radical (unpaired) electrons. The van der Waals surface area contributed by atoms with Crippen LogP contribution in [0.2, 0.25) is 0 Å². The van der Waals surface area contributed by atoms with E-state index in [-0.39, 0.29) is 18.2 Å². The Kier molecular flexibility index (Phi) is 5.13. The van der Waals surface area contributed by atoms with Crippen molar-refractivity contribution in [2.45, 2.75) is 5.92 Å². The lowest BCUT2D eigenvalue weighted by molar-refractivity contribution is -0.119. The summed E-state index contributed by atoms with van der Waals surface area (Å²) < 4.78 is 5.26. The maximum atomic E-state index is 10.9. The second-order valence-corrected chi connectivity index (χ2v) is 6.78. The molecule has 1 unspecified atom stereocenters. The van der Waals surface area contributed by atoms with E-state index in [2.05, 4.69) is 11.4 Å². The number of nitrogens with zero attached hydrogens (tertiary/aromatic N) is 3. The molecule has 1 fully saturated rings. The standard InChI is InChI=1S/C20H18N6O2/c21-7-15-14-5-6-26-8-16(14)18(20(10-22,11-23)19(15)25)12-1-3-13(4-2-12)28-9-17(24)27/h1-5,15-16,18,25-26H,6,8-9H2,(H2,24,27)/t15?,16-,18+/m0/s1. The van der Waals surface area contributed by atoms with E-state index in [1.54, 1.807) is 24.3 Å². The van der Waals surface area contributed by atoms with E-state index in [1.165, 1.54) is 0 Å². The van der Waals surface area contributed by atoms with Crippen molar-refractivity contribution in [3.05, 3.63) is 41.5 Å². The largest absolute Gasteiger partial charge is 0.484 e. The molecular weight excluding hydrogens is 356 g/mol. The first-order valence-electron chi connectivity index (χ1n) is 8.71. The lowest BCUT2D eigenvalue weighted by Gasteiger charge is -2.45. The van der Waals surface area contributed by atoms with Crippen molar-refractivity contribution in [1.82, 2.24) is 5.32 Å². The highest BCUT2D eigenvalue weighted by Crippen LogP contribution is 2.52. The molecule has 4 N–H and O–H groups in total. The first-order valence-corrected chi connectivity index (χ1v) is 8.71. The molecule has 1 saturated carbocycles. The van der Waals surface area contributed by atoms with Crippen molar-refractivity contribution < 1.29 is 9.53 Å². The summed E-state index contributed by atoms with van der Waals surface area (Å²) in [6.45, 7) is 0.833. The van der Waals surface area contributed by atoms with Crippen molar-refractivity contribution >= 4 is 11.6 Å². The van der Waals surface area contributed by atoms with Gasteiger partial charge in [-0.2, -0.15) is 15.8 Å². The molecular formula is C20H18N6O2. The summed E-state index contributed by atoms with van der Waals surface area (Å²) in [7, 11) is 0. The van der Waals surface area contributed by atoms with Crippen LogP contribution in [0.25, 0.3) is 0 Å². The lowest BCUT2D eigenvalue weighted by Crippen LogP contribution is -2.52. The minimum Gasteiger partial charge on any atom is -0.484 e. The number of rotatable bonds is 4. The van der Waals surface area contributed by atoms with Gasteiger partial charge in [-0.25, -0.2) is 0 Å². The van der Waals surface area contributed by atoms with Crippen molar-refractivity contribution in [2.24, 2.45) is 23.0 Å². The highest BCUT2D eigenvalue weighted by atomic mass is 16.5. The molecule has 1 amide bonds. The van der Waals surface area contributed by atoms with Gasteiger partial charge in [-0.1, -0.05) is 18.2 Å². The first-order chi connectivity index (χ1) is 13.5. The summed E-state index contributed by atoms with van der Waals surface area (Å²) in [5.41, 5.74) is 4.63. The highest BCUT2D eigenvalue weighted by Gasteiger charge is 2.57. The number of carbonyl (C=O) groups is 1. The van der Waals surface area contributed by atoms with Crippen molar-refractivity contribution in [2.75, 3.05) is 19.7 Å². The highest BCUT2D eigenvalue weighted by molar-refractivity contribution is 6.00. The Morgan fingerprint density at radius 2 is 1.96 bits per heavy atom. The Morgan fingerprint density at radius 3 is 2.54 bits per heavy atom. The van der Waals surface area contributed by atoms with E-state index in [1.807, 2.05) is 18.2 Å². The van der Waals surface area contributed by atoms with Crippen LogP contribution in [-0.4, -0.2) is 31.3 Å². The zero-order valence-corrected chi connectivity index (χ0v) is 15.0. The number of nitriles is 3. The predicted octanol–water partition coefficient (Wildman–Crippen LogP) is 0.987. The van der Waals surface area contributed by atoms with Gasteiger partial charge in [0.25, 0.3) is 5.91 Å². The summed E-state index contributed by atoms with van der Waals surface area (Å²) in [5.74, 6) is -1.90. The van der Waals surface area contributed by atoms with E-state index in [0.29, 0.717) is 24.4 Å². The third-order valence-corrected chi connectivity index (χ3v) is 5.29. The zero-order valence-electron chi connectivity index (χ0n) is 15.0. The zero-order chi connectivity index (χ0) is 20.3. The number of hydrogen-bond donors (Lipinski definition) is 3. The van der Waals surface area contributed by atoms with Gasteiger partial charge in [0.05, 0.1) is 23.9 Å². The monoisotopic (exact) mass is 374 g/mol. The Hall–Kier alpha value is -3.67. The molecule has 1 aromatic rings. The summed E-state index contributed by atoms with van der Waals surface area (Å²) in [6.07, 6.45) is 1.88. The van der Waals surface area contributed by atoms with Crippen LogP contribution in [-0.2, 0) is 4.79 Å².